The molecule has 0 aliphatic heterocycles. The second kappa shape index (κ2) is 7.09. The van der Waals surface area contributed by atoms with E-state index in [9.17, 15) is 0 Å². The maximum absolute atomic E-state index is 5.34. The van der Waals surface area contributed by atoms with E-state index in [1.807, 2.05) is 36.4 Å². The molecule has 0 spiro atoms. The van der Waals surface area contributed by atoms with Gasteiger partial charge in [0, 0.05) is 17.7 Å². The minimum atomic E-state index is 0.487. The van der Waals surface area contributed by atoms with Gasteiger partial charge in [-0.1, -0.05) is 49.6 Å². The summed E-state index contributed by atoms with van der Waals surface area (Å²) in [6.07, 6.45) is 6.33. The predicted molar refractivity (Wildman–Crippen MR) is 102 cm³/mol. The van der Waals surface area contributed by atoms with Crippen molar-refractivity contribution >= 4 is 16.9 Å². The van der Waals surface area contributed by atoms with Gasteiger partial charge in [-0.3, -0.25) is 0 Å². The minimum absolute atomic E-state index is 0.487. The minimum Gasteiger partial charge on any atom is -0.497 e. The van der Waals surface area contributed by atoms with Crippen LogP contribution in [0.15, 0.2) is 48.5 Å². The first-order valence-electron chi connectivity index (χ1n) is 9.01. The van der Waals surface area contributed by atoms with Crippen LogP contribution in [-0.4, -0.2) is 23.1 Å². The molecule has 1 heterocycles. The Hall–Kier alpha value is -2.62. The highest BCUT2D eigenvalue weighted by Crippen LogP contribution is 2.30. The van der Waals surface area contributed by atoms with E-state index in [2.05, 4.69) is 17.4 Å². The van der Waals surface area contributed by atoms with Gasteiger partial charge in [0.2, 0.25) is 0 Å². The number of nitrogens with one attached hydrogen (secondary N) is 1. The summed E-state index contributed by atoms with van der Waals surface area (Å²) in [5.41, 5.74) is 3.73. The molecule has 4 rings (SSSR count). The molecule has 4 nitrogen and oxygen atoms in total. The Kier molecular flexibility index (Phi) is 4.51. The second-order valence-electron chi connectivity index (χ2n) is 6.62. The number of aromatic nitrogens is 2. The van der Waals surface area contributed by atoms with Gasteiger partial charge in [-0.25, -0.2) is 9.97 Å². The van der Waals surface area contributed by atoms with Crippen molar-refractivity contribution in [3.05, 3.63) is 48.5 Å². The van der Waals surface area contributed by atoms with Crippen molar-refractivity contribution in [3.8, 4) is 17.0 Å². The average molecular weight is 333 g/mol. The number of nitrogens with zero attached hydrogens (tertiary/aromatic N) is 2. The van der Waals surface area contributed by atoms with Crippen molar-refractivity contribution in [1.29, 1.82) is 0 Å². The highest BCUT2D eigenvalue weighted by Gasteiger charge is 2.18. The molecular weight excluding hydrogens is 310 g/mol. The third-order valence-corrected chi connectivity index (χ3v) is 4.86. The lowest BCUT2D eigenvalue weighted by Crippen LogP contribution is -2.23. The molecule has 0 radical (unpaired) electrons. The maximum atomic E-state index is 5.34. The quantitative estimate of drug-likeness (QED) is 0.726. The molecule has 1 N–H and O–H groups in total. The molecule has 0 atom stereocenters. The van der Waals surface area contributed by atoms with Crippen molar-refractivity contribution in [2.75, 3.05) is 12.4 Å². The highest BCUT2D eigenvalue weighted by molar-refractivity contribution is 5.84. The van der Waals surface area contributed by atoms with Gasteiger partial charge in [-0.2, -0.15) is 0 Å². The molecule has 0 amide bonds. The number of fused-ring (bicyclic) bond motifs is 1. The summed E-state index contributed by atoms with van der Waals surface area (Å²) >= 11 is 0. The van der Waals surface area contributed by atoms with Crippen LogP contribution in [0.2, 0.25) is 0 Å². The summed E-state index contributed by atoms with van der Waals surface area (Å²) in [4.78, 5) is 9.81. The van der Waals surface area contributed by atoms with Crippen LogP contribution in [-0.2, 0) is 0 Å². The zero-order valence-corrected chi connectivity index (χ0v) is 14.5. The number of methoxy groups -OCH3 is 1. The Balaban J connectivity index is 1.80. The van der Waals surface area contributed by atoms with Gasteiger partial charge in [-0.05, 0) is 25.0 Å². The summed E-state index contributed by atoms with van der Waals surface area (Å²) in [5, 5.41) is 3.66. The van der Waals surface area contributed by atoms with E-state index in [0.717, 1.165) is 33.9 Å². The zero-order valence-electron chi connectivity index (χ0n) is 14.5. The van der Waals surface area contributed by atoms with Gasteiger partial charge in [0.05, 0.1) is 18.1 Å². The lowest BCUT2D eigenvalue weighted by Gasteiger charge is -2.24. The molecule has 1 saturated carbocycles. The van der Waals surface area contributed by atoms with E-state index < -0.39 is 0 Å². The van der Waals surface area contributed by atoms with Crippen LogP contribution in [0.3, 0.4) is 0 Å². The molecule has 3 aromatic rings. The van der Waals surface area contributed by atoms with E-state index >= 15 is 0 Å². The molecule has 128 valence electrons. The van der Waals surface area contributed by atoms with Crippen LogP contribution in [0.25, 0.3) is 22.3 Å². The van der Waals surface area contributed by atoms with Gasteiger partial charge < -0.3 is 10.1 Å². The number of ether oxygens (including phenoxy) is 1. The van der Waals surface area contributed by atoms with Crippen molar-refractivity contribution in [2.45, 2.75) is 38.1 Å². The lowest BCUT2D eigenvalue weighted by atomic mass is 9.95. The van der Waals surface area contributed by atoms with E-state index in [1.54, 1.807) is 7.11 Å². The fraction of sp³-hybridized carbons (Fsp3) is 0.333. The zero-order chi connectivity index (χ0) is 17.1. The Morgan fingerprint density at radius 1 is 0.920 bits per heavy atom. The van der Waals surface area contributed by atoms with Crippen LogP contribution < -0.4 is 10.1 Å². The first-order chi connectivity index (χ1) is 12.3. The van der Waals surface area contributed by atoms with Gasteiger partial charge in [0.15, 0.2) is 5.82 Å². The van der Waals surface area contributed by atoms with E-state index in [4.69, 9.17) is 14.7 Å². The van der Waals surface area contributed by atoms with Crippen molar-refractivity contribution in [2.24, 2.45) is 0 Å². The van der Waals surface area contributed by atoms with Crippen LogP contribution in [0.1, 0.15) is 32.1 Å². The monoisotopic (exact) mass is 333 g/mol. The predicted octanol–water partition coefficient (Wildman–Crippen LogP) is 5.05. The van der Waals surface area contributed by atoms with Crippen molar-refractivity contribution in [3.63, 3.8) is 0 Å². The summed E-state index contributed by atoms with van der Waals surface area (Å²) in [6.45, 7) is 0. The third-order valence-electron chi connectivity index (χ3n) is 4.86. The molecule has 1 aromatic heterocycles. The lowest BCUT2D eigenvalue weighted by molar-refractivity contribution is 0.415. The average Bonchev–Trinajstić information content (AvgIpc) is 2.68. The first-order valence-corrected chi connectivity index (χ1v) is 9.01. The van der Waals surface area contributed by atoms with Crippen LogP contribution in [0.5, 0.6) is 5.75 Å². The molecular formula is C21H23N3O. The van der Waals surface area contributed by atoms with Crippen molar-refractivity contribution in [1.82, 2.24) is 9.97 Å². The summed E-state index contributed by atoms with van der Waals surface area (Å²) < 4.78 is 5.34. The number of hydrogen-bond acceptors (Lipinski definition) is 4. The van der Waals surface area contributed by atoms with E-state index in [0.29, 0.717) is 6.04 Å². The standard InChI is InChI=1S/C21H23N3O/c1-25-17-12-13-18-19(14-17)23-20(15-8-4-2-5-9-15)21(24-18)22-16-10-6-3-7-11-16/h2,4-5,8-9,12-14,16H,3,6-7,10-11H2,1H3,(H,22,24). The molecule has 0 saturated heterocycles. The Morgan fingerprint density at radius 3 is 2.48 bits per heavy atom. The number of hydrogen-bond donors (Lipinski definition) is 1. The summed E-state index contributed by atoms with van der Waals surface area (Å²) in [6, 6.07) is 16.6. The normalized spacial score (nSPS) is 15.2. The van der Waals surface area contributed by atoms with Gasteiger partial charge in [-0.15, -0.1) is 0 Å². The van der Waals surface area contributed by atoms with Crippen LogP contribution in [0.4, 0.5) is 5.82 Å². The number of anilines is 1. The third kappa shape index (κ3) is 3.43. The first kappa shape index (κ1) is 15.9. The van der Waals surface area contributed by atoms with Gasteiger partial charge in [0.1, 0.15) is 11.4 Å². The largest absolute Gasteiger partial charge is 0.497 e. The highest BCUT2D eigenvalue weighted by atomic mass is 16.5. The van der Waals surface area contributed by atoms with Crippen LogP contribution >= 0.6 is 0 Å². The molecule has 2 aromatic carbocycles. The summed E-state index contributed by atoms with van der Waals surface area (Å²) in [5.74, 6) is 1.68. The number of rotatable bonds is 4. The smallest absolute Gasteiger partial charge is 0.153 e. The SMILES string of the molecule is COc1ccc2nc(NC3CCCCC3)c(-c3ccccc3)nc2c1. The molecule has 1 aliphatic carbocycles. The van der Waals surface area contributed by atoms with E-state index in [1.165, 1.54) is 32.1 Å². The summed E-state index contributed by atoms with van der Waals surface area (Å²) in [7, 11) is 1.67. The molecule has 1 aliphatic rings. The van der Waals surface area contributed by atoms with Gasteiger partial charge in [0.25, 0.3) is 0 Å². The maximum Gasteiger partial charge on any atom is 0.153 e. The Morgan fingerprint density at radius 2 is 1.72 bits per heavy atom. The van der Waals surface area contributed by atoms with Crippen LogP contribution in [0, 0.1) is 0 Å². The van der Waals surface area contributed by atoms with Crippen molar-refractivity contribution < 1.29 is 4.74 Å². The molecule has 1 fully saturated rings. The fourth-order valence-electron chi connectivity index (χ4n) is 3.50. The molecule has 0 bridgehead atoms. The Bertz CT molecular complexity index is 858. The molecule has 0 unspecified atom stereocenters. The topological polar surface area (TPSA) is 47.0 Å². The molecule has 25 heavy (non-hydrogen) atoms. The second-order valence-corrected chi connectivity index (χ2v) is 6.62. The number of benzene rings is 2. The Labute approximate surface area is 148 Å². The van der Waals surface area contributed by atoms with E-state index in [-0.39, 0.29) is 0 Å². The molecule has 4 heteroatoms. The van der Waals surface area contributed by atoms with Gasteiger partial charge >= 0.3 is 0 Å². The fourth-order valence-corrected chi connectivity index (χ4v) is 3.50.